The van der Waals surface area contributed by atoms with Crippen LogP contribution in [0.2, 0.25) is 18.6 Å². The van der Waals surface area contributed by atoms with E-state index in [9.17, 15) is 19.5 Å². The highest BCUT2D eigenvalue weighted by Crippen LogP contribution is 2.60. The molecule has 0 bridgehead atoms. The van der Waals surface area contributed by atoms with Crippen molar-refractivity contribution in [2.24, 2.45) is 5.92 Å². The minimum atomic E-state index is -2.75. The Morgan fingerprint density at radius 2 is 1.80 bits per heavy atom. The molecule has 2 aliphatic heterocycles. The van der Waals surface area contributed by atoms with E-state index in [1.165, 1.54) is 4.68 Å². The maximum Gasteiger partial charge on any atom is 0.279 e. The molecule has 0 saturated carbocycles. The number of benzene rings is 3. The van der Waals surface area contributed by atoms with Crippen LogP contribution in [0.15, 0.2) is 82.2 Å². The Morgan fingerprint density at radius 3 is 2.51 bits per heavy atom. The standard InChI is InChI=1S/C31H32BrN3O5Si/c1-19-28(41(2,3)39)27(14-15-36)40-31(19)25-16-22(32)10-13-26(25)34(30(31)38)18-20-8-11-23(12-9-20)35-29(37)24-7-5-4-6-21(24)17-33-35/h4-13,16-17,19,27-28,36,39H,14-15,18H2,1-3H3/t19-,27+,28-,31+/m1/s1. The number of halogens is 1. The van der Waals surface area contributed by atoms with Crippen molar-refractivity contribution in [2.75, 3.05) is 11.5 Å². The SMILES string of the molecule is C[C@@H]1[C@@H]([Si](C)(C)O)[C@H](CCO)O[C@@]12C(=O)N(Cc1ccc(-n3ncc4ccccc4c3=O)cc1)c1ccc(Br)cc12. The first kappa shape index (κ1) is 28.0. The minimum absolute atomic E-state index is 0.0841. The van der Waals surface area contributed by atoms with Gasteiger partial charge in [-0.1, -0.05) is 53.2 Å². The number of anilines is 1. The van der Waals surface area contributed by atoms with Gasteiger partial charge in [0.15, 0.2) is 13.9 Å². The lowest BCUT2D eigenvalue weighted by Gasteiger charge is -2.32. The van der Waals surface area contributed by atoms with Crippen LogP contribution < -0.4 is 10.5 Å². The van der Waals surface area contributed by atoms with E-state index in [-0.39, 0.29) is 29.5 Å². The molecule has 0 radical (unpaired) electrons. The Balaban J connectivity index is 1.35. The molecule has 0 aliphatic carbocycles. The Hall–Kier alpha value is -3.15. The Kier molecular flexibility index (Phi) is 7.02. The van der Waals surface area contributed by atoms with Gasteiger partial charge in [0, 0.05) is 33.5 Å². The first-order chi connectivity index (χ1) is 19.6. The average Bonchev–Trinajstić information content (AvgIpc) is 3.36. The molecule has 2 aliphatic rings. The molecule has 212 valence electrons. The van der Waals surface area contributed by atoms with E-state index in [2.05, 4.69) is 21.0 Å². The van der Waals surface area contributed by atoms with Crippen LogP contribution in [0.1, 0.15) is 24.5 Å². The number of rotatable bonds is 6. The molecule has 1 spiro atoms. The van der Waals surface area contributed by atoms with Gasteiger partial charge in [0.1, 0.15) is 0 Å². The van der Waals surface area contributed by atoms with Gasteiger partial charge in [0.2, 0.25) is 0 Å². The maximum atomic E-state index is 14.4. The number of hydrogen-bond acceptors (Lipinski definition) is 6. The molecular weight excluding hydrogens is 602 g/mol. The molecule has 1 saturated heterocycles. The number of carbonyl (C=O) groups excluding carboxylic acids is 1. The summed E-state index contributed by atoms with van der Waals surface area (Å²) < 4.78 is 8.86. The molecule has 1 aromatic heterocycles. The minimum Gasteiger partial charge on any atom is -0.432 e. The van der Waals surface area contributed by atoms with Gasteiger partial charge in [0.25, 0.3) is 11.5 Å². The topological polar surface area (TPSA) is 105 Å². The van der Waals surface area contributed by atoms with Gasteiger partial charge in [0.05, 0.1) is 35.6 Å². The third-order valence-corrected chi connectivity index (χ3v) is 11.6. The van der Waals surface area contributed by atoms with Crippen LogP contribution in [0.5, 0.6) is 0 Å². The summed E-state index contributed by atoms with van der Waals surface area (Å²) in [6.45, 7) is 5.96. The second-order valence-corrected chi connectivity index (χ2v) is 16.4. The lowest BCUT2D eigenvalue weighted by atomic mass is 9.82. The summed E-state index contributed by atoms with van der Waals surface area (Å²) >= 11 is 3.57. The van der Waals surface area contributed by atoms with Crippen LogP contribution in [0.25, 0.3) is 16.5 Å². The zero-order valence-electron chi connectivity index (χ0n) is 23.1. The van der Waals surface area contributed by atoms with Crippen molar-refractivity contribution >= 4 is 46.6 Å². The van der Waals surface area contributed by atoms with E-state index < -0.39 is 20.0 Å². The molecule has 1 fully saturated rings. The second-order valence-electron chi connectivity index (χ2n) is 11.5. The first-order valence-corrected chi connectivity index (χ1v) is 17.6. The molecule has 3 aromatic carbocycles. The van der Waals surface area contributed by atoms with E-state index in [0.717, 1.165) is 26.7 Å². The van der Waals surface area contributed by atoms with Crippen LogP contribution in [0.3, 0.4) is 0 Å². The molecule has 4 aromatic rings. The van der Waals surface area contributed by atoms with Crippen LogP contribution in [0, 0.1) is 5.92 Å². The van der Waals surface area contributed by atoms with Crippen molar-refractivity contribution in [3.8, 4) is 5.69 Å². The van der Waals surface area contributed by atoms with Gasteiger partial charge in [-0.2, -0.15) is 9.78 Å². The highest BCUT2D eigenvalue weighted by Gasteiger charge is 2.66. The normalized spacial score (nSPS) is 24.0. The summed E-state index contributed by atoms with van der Waals surface area (Å²) in [6, 6.07) is 20.6. The van der Waals surface area contributed by atoms with Crippen LogP contribution in [-0.4, -0.2) is 46.6 Å². The largest absolute Gasteiger partial charge is 0.432 e. The predicted molar refractivity (Wildman–Crippen MR) is 164 cm³/mol. The highest BCUT2D eigenvalue weighted by atomic mass is 79.9. The molecule has 1 amide bonds. The van der Waals surface area contributed by atoms with Crippen molar-refractivity contribution < 1.29 is 19.4 Å². The fourth-order valence-corrected chi connectivity index (χ4v) is 9.77. The van der Waals surface area contributed by atoms with Crippen LogP contribution >= 0.6 is 15.9 Å². The summed E-state index contributed by atoms with van der Waals surface area (Å²) in [5.41, 5.74) is 1.39. The second kappa shape index (κ2) is 10.3. The van der Waals surface area contributed by atoms with E-state index in [1.54, 1.807) is 17.2 Å². The number of aromatic nitrogens is 2. The fourth-order valence-electron chi connectivity index (χ4n) is 6.80. The Labute approximate surface area is 247 Å². The summed E-state index contributed by atoms with van der Waals surface area (Å²) in [7, 11) is -2.75. The van der Waals surface area contributed by atoms with E-state index in [1.807, 2.05) is 80.7 Å². The van der Waals surface area contributed by atoms with Gasteiger partial charge in [-0.25, -0.2) is 0 Å². The van der Waals surface area contributed by atoms with Crippen molar-refractivity contribution in [2.45, 2.75) is 50.2 Å². The molecule has 10 heteroatoms. The number of carbonyl (C=O) groups is 1. The zero-order valence-corrected chi connectivity index (χ0v) is 25.7. The molecular formula is C31H32BrN3O5Si. The van der Waals surface area contributed by atoms with E-state index in [4.69, 9.17) is 4.74 Å². The molecule has 0 unspecified atom stereocenters. The number of nitrogens with zero attached hydrogens (tertiary/aromatic N) is 3. The number of amides is 1. The van der Waals surface area contributed by atoms with Gasteiger partial charge in [-0.3, -0.25) is 9.59 Å². The first-order valence-electron chi connectivity index (χ1n) is 13.8. The molecule has 41 heavy (non-hydrogen) atoms. The Morgan fingerprint density at radius 1 is 1.07 bits per heavy atom. The zero-order chi connectivity index (χ0) is 29.1. The van der Waals surface area contributed by atoms with Gasteiger partial charge >= 0.3 is 0 Å². The number of aliphatic hydroxyl groups excluding tert-OH is 1. The molecule has 4 atom stereocenters. The quantitative estimate of drug-likeness (QED) is 0.293. The highest BCUT2D eigenvalue weighted by molar-refractivity contribution is 9.10. The summed E-state index contributed by atoms with van der Waals surface area (Å²) in [5.74, 6) is -0.456. The summed E-state index contributed by atoms with van der Waals surface area (Å²) in [6.07, 6.45) is 1.61. The van der Waals surface area contributed by atoms with Gasteiger partial charge in [-0.05, 0) is 61.5 Å². The number of fused-ring (bicyclic) bond motifs is 3. The number of ether oxygens (including phenoxy) is 1. The lowest BCUT2D eigenvalue weighted by molar-refractivity contribution is -0.146. The van der Waals surface area contributed by atoms with Crippen LogP contribution in [0.4, 0.5) is 5.69 Å². The van der Waals surface area contributed by atoms with Crippen LogP contribution in [-0.2, 0) is 21.7 Å². The molecule has 3 heterocycles. The maximum absolute atomic E-state index is 14.4. The fraction of sp³-hybridized carbons (Fsp3) is 0.323. The number of hydrogen-bond donors (Lipinski definition) is 2. The van der Waals surface area contributed by atoms with Crippen molar-refractivity contribution in [3.05, 3.63) is 98.9 Å². The lowest BCUT2D eigenvalue weighted by Crippen LogP contribution is -2.46. The summed E-state index contributed by atoms with van der Waals surface area (Å²) in [5, 5.41) is 15.5. The molecule has 6 rings (SSSR count). The predicted octanol–water partition coefficient (Wildman–Crippen LogP) is 4.88. The molecule has 8 nitrogen and oxygen atoms in total. The average molecular weight is 635 g/mol. The van der Waals surface area contributed by atoms with Crippen molar-refractivity contribution in [1.82, 2.24) is 9.78 Å². The van der Waals surface area contributed by atoms with Gasteiger partial charge in [-0.15, -0.1) is 0 Å². The van der Waals surface area contributed by atoms with Gasteiger partial charge < -0.3 is 19.5 Å². The summed E-state index contributed by atoms with van der Waals surface area (Å²) in [4.78, 5) is 40.4. The third-order valence-electron chi connectivity index (χ3n) is 8.58. The number of aliphatic hydroxyl groups is 1. The monoisotopic (exact) mass is 633 g/mol. The third kappa shape index (κ3) is 4.49. The smallest absolute Gasteiger partial charge is 0.279 e. The van der Waals surface area contributed by atoms with E-state index >= 15 is 0 Å². The van der Waals surface area contributed by atoms with Crippen molar-refractivity contribution in [1.29, 1.82) is 0 Å². The molecule has 2 N–H and O–H groups in total. The van der Waals surface area contributed by atoms with E-state index in [0.29, 0.717) is 24.0 Å². The van der Waals surface area contributed by atoms with Crippen molar-refractivity contribution in [3.63, 3.8) is 0 Å². The Bertz CT molecular complexity index is 1700.